The first kappa shape index (κ1) is 15.5. The second-order valence-electron chi connectivity index (χ2n) is 4.86. The van der Waals surface area contributed by atoms with E-state index in [1.165, 1.54) is 0 Å². The molecule has 0 atom stereocenters. The van der Waals surface area contributed by atoms with Crippen molar-refractivity contribution >= 4 is 33.6 Å². The highest BCUT2D eigenvalue weighted by molar-refractivity contribution is 9.10. The van der Waals surface area contributed by atoms with Crippen LogP contribution < -0.4 is 10.6 Å². The molecular weight excluding hydrogens is 312 g/mol. The monoisotopic (exact) mass is 328 g/mol. The Kier molecular flexibility index (Phi) is 5.35. The molecule has 2 amide bonds. The summed E-state index contributed by atoms with van der Waals surface area (Å²) in [5.41, 5.74) is 0.104. The maximum absolute atomic E-state index is 11.8. The Balaban J connectivity index is 2.50. The van der Waals surface area contributed by atoms with Gasteiger partial charge in [-0.1, -0.05) is 15.9 Å². The zero-order valence-electron chi connectivity index (χ0n) is 10.9. The van der Waals surface area contributed by atoms with Crippen molar-refractivity contribution < 1.29 is 14.7 Å². The predicted octanol–water partition coefficient (Wildman–Crippen LogP) is 3.21. The van der Waals surface area contributed by atoms with E-state index >= 15 is 0 Å². The smallest absolute Gasteiger partial charge is 0.319 e. The lowest BCUT2D eigenvalue weighted by molar-refractivity contribution is -0.137. The van der Waals surface area contributed by atoms with Crippen molar-refractivity contribution in [2.24, 2.45) is 0 Å². The summed E-state index contributed by atoms with van der Waals surface area (Å²) < 4.78 is 0.931. The molecule has 5 nitrogen and oxygen atoms in total. The minimum Gasteiger partial charge on any atom is -0.481 e. The number of carboxylic acid groups (broad SMARTS) is 1. The number of anilines is 1. The van der Waals surface area contributed by atoms with Crippen LogP contribution in [-0.2, 0) is 4.79 Å². The molecule has 1 rings (SSSR count). The Hall–Kier alpha value is -1.56. The molecule has 0 spiro atoms. The molecule has 0 heterocycles. The number of urea groups is 1. The highest BCUT2D eigenvalue weighted by atomic mass is 79.9. The molecule has 0 saturated carbocycles. The highest BCUT2D eigenvalue weighted by Gasteiger charge is 2.21. The summed E-state index contributed by atoms with van der Waals surface area (Å²) in [4.78, 5) is 22.3. The van der Waals surface area contributed by atoms with Crippen LogP contribution in [0.4, 0.5) is 10.5 Å². The zero-order valence-corrected chi connectivity index (χ0v) is 12.5. The molecule has 0 aliphatic carbocycles. The number of carbonyl (C=O) groups is 2. The number of aliphatic carboxylic acids is 1. The fourth-order valence-corrected chi connectivity index (χ4v) is 1.75. The molecule has 0 bridgehead atoms. The first-order chi connectivity index (χ1) is 8.78. The number of carboxylic acids is 1. The molecule has 6 heteroatoms. The van der Waals surface area contributed by atoms with Crippen LogP contribution in [-0.4, -0.2) is 22.6 Å². The Morgan fingerprint density at radius 2 is 1.84 bits per heavy atom. The van der Waals surface area contributed by atoms with E-state index in [0.29, 0.717) is 12.1 Å². The highest BCUT2D eigenvalue weighted by Crippen LogP contribution is 2.15. The number of hydrogen-bond acceptors (Lipinski definition) is 2. The van der Waals surface area contributed by atoms with Gasteiger partial charge in [0.25, 0.3) is 0 Å². The van der Waals surface area contributed by atoms with E-state index in [-0.39, 0.29) is 12.5 Å². The topological polar surface area (TPSA) is 78.4 Å². The summed E-state index contributed by atoms with van der Waals surface area (Å²) in [5, 5.41) is 14.1. The van der Waals surface area contributed by atoms with Gasteiger partial charge in [-0.15, -0.1) is 0 Å². The van der Waals surface area contributed by atoms with Gasteiger partial charge in [0.15, 0.2) is 0 Å². The summed E-state index contributed by atoms with van der Waals surface area (Å²) in [6, 6.07) is 6.84. The molecule has 0 aromatic heterocycles. The van der Waals surface area contributed by atoms with Gasteiger partial charge in [-0.25, -0.2) is 4.79 Å². The van der Waals surface area contributed by atoms with Gasteiger partial charge in [0.1, 0.15) is 0 Å². The molecule has 3 N–H and O–H groups in total. The zero-order chi connectivity index (χ0) is 14.5. The fourth-order valence-electron chi connectivity index (χ4n) is 1.48. The quantitative estimate of drug-likeness (QED) is 0.776. The van der Waals surface area contributed by atoms with E-state index < -0.39 is 11.5 Å². The van der Waals surface area contributed by atoms with Crippen molar-refractivity contribution in [2.75, 3.05) is 5.32 Å². The first-order valence-corrected chi connectivity index (χ1v) is 6.64. The second-order valence-corrected chi connectivity index (χ2v) is 5.78. The Morgan fingerprint density at radius 3 is 2.37 bits per heavy atom. The molecule has 0 aliphatic heterocycles. The number of halogens is 1. The van der Waals surface area contributed by atoms with Gasteiger partial charge >= 0.3 is 12.0 Å². The SMILES string of the molecule is CC(C)(CCC(=O)O)NC(=O)Nc1ccc(Br)cc1. The predicted molar refractivity (Wildman–Crippen MR) is 77.2 cm³/mol. The molecule has 19 heavy (non-hydrogen) atoms. The molecule has 0 fully saturated rings. The lowest BCUT2D eigenvalue weighted by Gasteiger charge is -2.25. The van der Waals surface area contributed by atoms with Gasteiger partial charge in [0, 0.05) is 22.1 Å². The Morgan fingerprint density at radius 1 is 1.26 bits per heavy atom. The van der Waals surface area contributed by atoms with E-state index in [4.69, 9.17) is 5.11 Å². The average Bonchev–Trinajstić information content (AvgIpc) is 2.29. The van der Waals surface area contributed by atoms with E-state index in [1.54, 1.807) is 26.0 Å². The van der Waals surface area contributed by atoms with Gasteiger partial charge in [0.2, 0.25) is 0 Å². The van der Waals surface area contributed by atoms with Crippen LogP contribution in [0.5, 0.6) is 0 Å². The maximum atomic E-state index is 11.8. The Labute approximate surface area is 120 Å². The van der Waals surface area contributed by atoms with Gasteiger partial charge < -0.3 is 15.7 Å². The lowest BCUT2D eigenvalue weighted by atomic mass is 9.99. The van der Waals surface area contributed by atoms with Gasteiger partial charge in [-0.3, -0.25) is 4.79 Å². The van der Waals surface area contributed by atoms with Crippen LogP contribution in [0.25, 0.3) is 0 Å². The summed E-state index contributed by atoms with van der Waals surface area (Å²) >= 11 is 3.31. The standard InChI is InChI=1S/C13H17BrN2O3/c1-13(2,8-7-11(17)18)16-12(19)15-10-5-3-9(14)4-6-10/h3-6H,7-8H2,1-2H3,(H,17,18)(H2,15,16,19). The molecule has 104 valence electrons. The molecular formula is C13H17BrN2O3. The van der Waals surface area contributed by atoms with Crippen molar-refractivity contribution in [3.05, 3.63) is 28.7 Å². The number of carbonyl (C=O) groups excluding carboxylic acids is 1. The summed E-state index contributed by atoms with van der Waals surface area (Å²) in [7, 11) is 0. The van der Waals surface area contributed by atoms with Crippen LogP contribution in [0.3, 0.4) is 0 Å². The van der Waals surface area contributed by atoms with Gasteiger partial charge in [0.05, 0.1) is 0 Å². The molecule has 0 aliphatic rings. The van der Waals surface area contributed by atoms with Crippen LogP contribution in [0, 0.1) is 0 Å². The summed E-state index contributed by atoms with van der Waals surface area (Å²) in [5.74, 6) is -0.872. The number of nitrogens with one attached hydrogen (secondary N) is 2. The van der Waals surface area contributed by atoms with E-state index in [1.807, 2.05) is 12.1 Å². The van der Waals surface area contributed by atoms with E-state index in [0.717, 1.165) is 4.47 Å². The van der Waals surface area contributed by atoms with Crippen molar-refractivity contribution in [1.82, 2.24) is 5.32 Å². The molecule has 1 aromatic carbocycles. The third-order valence-corrected chi connectivity index (χ3v) is 3.05. The largest absolute Gasteiger partial charge is 0.481 e. The molecule has 0 saturated heterocycles. The van der Waals surface area contributed by atoms with Gasteiger partial charge in [-0.2, -0.15) is 0 Å². The van der Waals surface area contributed by atoms with Gasteiger partial charge in [-0.05, 0) is 44.5 Å². The summed E-state index contributed by atoms with van der Waals surface area (Å²) in [6.45, 7) is 3.58. The first-order valence-electron chi connectivity index (χ1n) is 5.85. The number of benzene rings is 1. The van der Waals surface area contributed by atoms with Crippen molar-refractivity contribution in [1.29, 1.82) is 0 Å². The Bertz CT molecular complexity index is 457. The van der Waals surface area contributed by atoms with Crippen molar-refractivity contribution in [3.63, 3.8) is 0 Å². The second kappa shape index (κ2) is 6.56. The molecule has 0 unspecified atom stereocenters. The number of amides is 2. The van der Waals surface area contributed by atoms with Crippen LogP contribution in [0.2, 0.25) is 0 Å². The van der Waals surface area contributed by atoms with Crippen LogP contribution in [0.1, 0.15) is 26.7 Å². The number of hydrogen-bond donors (Lipinski definition) is 3. The fraction of sp³-hybridized carbons (Fsp3) is 0.385. The average molecular weight is 329 g/mol. The van der Waals surface area contributed by atoms with Crippen molar-refractivity contribution in [2.45, 2.75) is 32.2 Å². The van der Waals surface area contributed by atoms with Crippen molar-refractivity contribution in [3.8, 4) is 0 Å². The molecule has 0 radical (unpaired) electrons. The minimum atomic E-state index is -0.872. The van der Waals surface area contributed by atoms with E-state index in [9.17, 15) is 9.59 Å². The third kappa shape index (κ3) is 6.24. The number of rotatable bonds is 5. The normalized spacial score (nSPS) is 10.9. The third-order valence-electron chi connectivity index (χ3n) is 2.52. The van der Waals surface area contributed by atoms with E-state index in [2.05, 4.69) is 26.6 Å². The van der Waals surface area contributed by atoms with Crippen LogP contribution in [0.15, 0.2) is 28.7 Å². The minimum absolute atomic E-state index is 0.0194. The lowest BCUT2D eigenvalue weighted by Crippen LogP contribution is -2.45. The molecule has 1 aromatic rings. The van der Waals surface area contributed by atoms with Crippen LogP contribution >= 0.6 is 15.9 Å². The maximum Gasteiger partial charge on any atom is 0.319 e. The summed E-state index contributed by atoms with van der Waals surface area (Å²) in [6.07, 6.45) is 0.391.